The second kappa shape index (κ2) is 5.79. The highest BCUT2D eigenvalue weighted by molar-refractivity contribution is 14.1. The van der Waals surface area contributed by atoms with Gasteiger partial charge in [-0.15, -0.1) is 0 Å². The van der Waals surface area contributed by atoms with Gasteiger partial charge in [0.2, 0.25) is 11.7 Å². The Morgan fingerprint density at radius 2 is 1.96 bits per heavy atom. The monoisotopic (exact) mass is 439 g/mol. The van der Waals surface area contributed by atoms with Gasteiger partial charge < -0.3 is 9.26 Å². The van der Waals surface area contributed by atoms with Crippen LogP contribution < -0.4 is 0 Å². The number of aromatic nitrogens is 3. The van der Waals surface area contributed by atoms with E-state index in [1.54, 1.807) is 18.3 Å². The molecule has 0 aromatic carbocycles. The first-order valence-corrected chi connectivity index (χ1v) is 9.20. The molecule has 3 aliphatic carbocycles. The fraction of sp³-hybridized carbons (Fsp3) is 0.529. The van der Waals surface area contributed by atoms with Crippen molar-refractivity contribution in [2.75, 3.05) is 7.11 Å². The number of hydrogen-bond donors (Lipinski definition) is 0. The average Bonchev–Trinajstić information content (AvgIpc) is 3.13. The zero-order valence-electron chi connectivity index (χ0n) is 13.4. The van der Waals surface area contributed by atoms with Gasteiger partial charge in [0.15, 0.2) is 0 Å². The van der Waals surface area contributed by atoms with Crippen LogP contribution in [0.25, 0.3) is 11.5 Å². The highest BCUT2D eigenvalue weighted by atomic mass is 127. The molecule has 0 atom stereocenters. The molecule has 0 unspecified atom stereocenters. The van der Waals surface area contributed by atoms with E-state index in [2.05, 4.69) is 37.7 Å². The molecule has 0 amide bonds. The smallest absolute Gasteiger partial charge is 0.340 e. The van der Waals surface area contributed by atoms with E-state index in [-0.39, 0.29) is 5.41 Å². The minimum absolute atomic E-state index is 0.00161. The third kappa shape index (κ3) is 2.53. The Bertz CT molecular complexity index is 764. The van der Waals surface area contributed by atoms with Gasteiger partial charge in [0, 0.05) is 15.0 Å². The van der Waals surface area contributed by atoms with E-state index in [0.29, 0.717) is 26.4 Å². The maximum atomic E-state index is 11.9. The van der Waals surface area contributed by atoms with E-state index in [4.69, 9.17) is 9.26 Å². The van der Waals surface area contributed by atoms with Gasteiger partial charge in [-0.2, -0.15) is 4.98 Å². The lowest BCUT2D eigenvalue weighted by molar-refractivity contribution is 0.0601. The molecule has 2 aromatic rings. The summed E-state index contributed by atoms with van der Waals surface area (Å²) in [7, 11) is 1.35. The van der Waals surface area contributed by atoms with Crippen molar-refractivity contribution in [3.05, 3.63) is 29.8 Å². The van der Waals surface area contributed by atoms with Crippen molar-refractivity contribution in [1.82, 2.24) is 15.1 Å². The summed E-state index contributed by atoms with van der Waals surface area (Å²) in [6.45, 7) is 0. The van der Waals surface area contributed by atoms with Crippen LogP contribution in [0.2, 0.25) is 0 Å². The van der Waals surface area contributed by atoms with E-state index < -0.39 is 5.97 Å². The Morgan fingerprint density at radius 1 is 1.25 bits per heavy atom. The van der Waals surface area contributed by atoms with Crippen molar-refractivity contribution in [2.45, 2.75) is 47.4 Å². The van der Waals surface area contributed by atoms with Gasteiger partial charge in [-0.05, 0) is 50.7 Å². The topological polar surface area (TPSA) is 78.1 Å². The number of ether oxygens (including phenoxy) is 1. The summed E-state index contributed by atoms with van der Waals surface area (Å²) in [4.78, 5) is 20.8. The molecule has 0 radical (unpaired) electrons. The number of halogens is 1. The Labute approximate surface area is 153 Å². The van der Waals surface area contributed by atoms with Crippen LogP contribution in [0.15, 0.2) is 22.9 Å². The SMILES string of the molecule is COC(=O)c1cccnc1-c1noc(C23CCC(I)(CC2)CC3)n1. The molecular formula is C17H18IN3O3. The summed E-state index contributed by atoms with van der Waals surface area (Å²) in [5.74, 6) is 0.599. The number of nitrogens with zero attached hydrogens (tertiary/aromatic N) is 3. The lowest BCUT2D eigenvalue weighted by atomic mass is 9.60. The highest BCUT2D eigenvalue weighted by Gasteiger charge is 2.51. The molecule has 7 heteroatoms. The predicted octanol–water partition coefficient (Wildman–Crippen LogP) is 3.70. The number of alkyl halides is 1. The van der Waals surface area contributed by atoms with Gasteiger partial charge in [-0.1, -0.05) is 27.7 Å². The Kier molecular flexibility index (Phi) is 3.85. The number of carbonyl (C=O) groups excluding carboxylic acids is 1. The van der Waals surface area contributed by atoms with Gasteiger partial charge in [0.1, 0.15) is 5.69 Å². The third-order valence-corrected chi connectivity index (χ3v) is 7.08. The molecule has 126 valence electrons. The largest absolute Gasteiger partial charge is 0.465 e. The number of hydrogen-bond acceptors (Lipinski definition) is 6. The molecule has 2 bridgehead atoms. The molecule has 3 fully saturated rings. The van der Waals surface area contributed by atoms with Crippen LogP contribution in [0.5, 0.6) is 0 Å². The van der Waals surface area contributed by atoms with Crippen molar-refractivity contribution in [2.24, 2.45) is 0 Å². The van der Waals surface area contributed by atoms with E-state index >= 15 is 0 Å². The third-order valence-electron chi connectivity index (χ3n) is 5.46. The standard InChI is InChI=1S/C17H18IN3O3/c1-23-14(22)11-3-2-10-19-12(11)13-20-15(24-21-13)16-4-7-17(18,8-5-16)9-6-16/h2-3,10H,4-9H2,1H3. The molecule has 0 aliphatic heterocycles. The fourth-order valence-electron chi connectivity index (χ4n) is 3.85. The Morgan fingerprint density at radius 3 is 2.62 bits per heavy atom. The lowest BCUT2D eigenvalue weighted by Crippen LogP contribution is -2.44. The van der Waals surface area contributed by atoms with Crippen LogP contribution in [0, 0.1) is 0 Å². The molecule has 3 aliphatic rings. The molecule has 2 aromatic heterocycles. The van der Waals surface area contributed by atoms with Crippen molar-refractivity contribution in [1.29, 1.82) is 0 Å². The summed E-state index contributed by atoms with van der Waals surface area (Å²) >= 11 is 2.62. The van der Waals surface area contributed by atoms with Crippen LogP contribution >= 0.6 is 22.6 Å². The van der Waals surface area contributed by atoms with Gasteiger partial charge >= 0.3 is 5.97 Å². The first-order chi connectivity index (χ1) is 11.6. The van der Waals surface area contributed by atoms with Gasteiger partial charge in [0.05, 0.1) is 12.7 Å². The molecule has 3 saturated carbocycles. The quantitative estimate of drug-likeness (QED) is 0.413. The normalized spacial score (nSPS) is 28.8. The number of carbonyl (C=O) groups is 1. The van der Waals surface area contributed by atoms with Crippen LogP contribution in [0.3, 0.4) is 0 Å². The average molecular weight is 439 g/mol. The molecular weight excluding hydrogens is 421 g/mol. The molecule has 0 saturated heterocycles. The summed E-state index contributed by atoms with van der Waals surface area (Å²) in [6.07, 6.45) is 8.46. The van der Waals surface area contributed by atoms with Gasteiger partial charge in [-0.25, -0.2) is 4.79 Å². The van der Waals surface area contributed by atoms with Crippen molar-refractivity contribution >= 4 is 28.6 Å². The summed E-state index contributed by atoms with van der Waals surface area (Å²) in [6, 6.07) is 3.35. The predicted molar refractivity (Wildman–Crippen MR) is 95.0 cm³/mol. The lowest BCUT2D eigenvalue weighted by Gasteiger charge is -2.48. The van der Waals surface area contributed by atoms with Crippen LogP contribution in [-0.4, -0.2) is 31.6 Å². The van der Waals surface area contributed by atoms with Gasteiger partial charge in [-0.3, -0.25) is 4.98 Å². The first kappa shape index (κ1) is 16.0. The zero-order chi connectivity index (χ0) is 16.8. The first-order valence-electron chi connectivity index (χ1n) is 8.12. The molecule has 2 heterocycles. The molecule has 0 spiro atoms. The van der Waals surface area contributed by atoms with E-state index in [9.17, 15) is 4.79 Å². The minimum atomic E-state index is -0.451. The second-order valence-electron chi connectivity index (χ2n) is 6.75. The highest BCUT2D eigenvalue weighted by Crippen LogP contribution is 2.56. The van der Waals surface area contributed by atoms with Crippen LogP contribution in [-0.2, 0) is 10.2 Å². The van der Waals surface area contributed by atoms with E-state index in [0.717, 1.165) is 19.3 Å². The molecule has 5 rings (SSSR count). The van der Waals surface area contributed by atoms with E-state index in [1.807, 2.05) is 0 Å². The van der Waals surface area contributed by atoms with Crippen molar-refractivity contribution in [3.63, 3.8) is 0 Å². The maximum Gasteiger partial charge on any atom is 0.340 e. The Balaban J connectivity index is 1.68. The maximum absolute atomic E-state index is 11.9. The fourth-order valence-corrected chi connectivity index (χ4v) is 4.66. The van der Waals surface area contributed by atoms with Crippen LogP contribution in [0.1, 0.15) is 54.8 Å². The number of pyridine rings is 1. The second-order valence-corrected chi connectivity index (χ2v) is 9.03. The summed E-state index contributed by atoms with van der Waals surface area (Å²) < 4.78 is 10.9. The molecule has 0 N–H and O–H groups in total. The Hall–Kier alpha value is -1.51. The number of methoxy groups -OCH3 is 1. The zero-order valence-corrected chi connectivity index (χ0v) is 15.6. The van der Waals surface area contributed by atoms with Gasteiger partial charge in [0.25, 0.3) is 0 Å². The summed E-state index contributed by atoms with van der Waals surface area (Å²) in [5.41, 5.74) is 0.757. The molecule has 24 heavy (non-hydrogen) atoms. The molecule has 6 nitrogen and oxygen atoms in total. The minimum Gasteiger partial charge on any atom is -0.465 e. The number of rotatable bonds is 3. The van der Waals surface area contributed by atoms with Crippen LogP contribution in [0.4, 0.5) is 0 Å². The summed E-state index contributed by atoms with van der Waals surface area (Å²) in [5, 5.41) is 4.11. The van der Waals surface area contributed by atoms with Crippen molar-refractivity contribution in [3.8, 4) is 11.5 Å². The number of fused-ring (bicyclic) bond motifs is 3. The van der Waals surface area contributed by atoms with Crippen molar-refractivity contribution < 1.29 is 14.1 Å². The van der Waals surface area contributed by atoms with E-state index in [1.165, 1.54) is 26.4 Å². The number of esters is 1.